The molecule has 0 aromatic heterocycles. The summed E-state index contributed by atoms with van der Waals surface area (Å²) in [6.45, 7) is 1.64. The Balaban J connectivity index is 0.00000196. The van der Waals surface area contributed by atoms with Crippen molar-refractivity contribution in [3.63, 3.8) is 0 Å². The fraction of sp³-hybridized carbons (Fsp3) is 0.333. The third-order valence-corrected chi connectivity index (χ3v) is 4.21. The van der Waals surface area contributed by atoms with Gasteiger partial charge < -0.3 is 5.32 Å². The molecule has 1 rings (SSSR count). The van der Waals surface area contributed by atoms with Gasteiger partial charge in [-0.25, -0.2) is 8.42 Å². The van der Waals surface area contributed by atoms with Crippen molar-refractivity contribution < 1.29 is 8.42 Å². The van der Waals surface area contributed by atoms with Crippen molar-refractivity contribution in [2.24, 2.45) is 0 Å². The van der Waals surface area contributed by atoms with Crippen LogP contribution in [0.1, 0.15) is 6.92 Å². The Hall–Kier alpha value is -0.260. The lowest BCUT2D eigenvalue weighted by molar-refractivity contribution is 0.597. The quantitative estimate of drug-likeness (QED) is 0.933. The van der Waals surface area contributed by atoms with Gasteiger partial charge in [0.15, 0.2) is 9.84 Å². The average molecular weight is 315 g/mol. The fourth-order valence-electron chi connectivity index (χ4n) is 1.12. The minimum atomic E-state index is -3.14. The molecule has 0 heterocycles. The summed E-state index contributed by atoms with van der Waals surface area (Å²) in [5.74, 6) is 0.114. The van der Waals surface area contributed by atoms with E-state index >= 15 is 0 Å². The first-order chi connectivity index (χ1) is 6.51. The van der Waals surface area contributed by atoms with Gasteiger partial charge in [-0.2, -0.15) is 0 Å². The monoisotopic (exact) mass is 313 g/mol. The third-order valence-electron chi connectivity index (χ3n) is 1.93. The highest BCUT2D eigenvalue weighted by Crippen LogP contribution is 2.25. The van der Waals surface area contributed by atoms with E-state index in [0.717, 1.165) is 4.47 Å². The van der Waals surface area contributed by atoms with Crippen LogP contribution in [0.3, 0.4) is 0 Å². The molecular formula is C9H13BrClNO2S. The van der Waals surface area contributed by atoms with Crippen LogP contribution in [-0.4, -0.2) is 21.2 Å². The van der Waals surface area contributed by atoms with Crippen molar-refractivity contribution in [1.29, 1.82) is 0 Å². The second-order valence-corrected chi connectivity index (χ2v) is 5.96. The maximum Gasteiger partial charge on any atom is 0.180 e. The number of halogens is 2. The Labute approximate surface area is 105 Å². The summed E-state index contributed by atoms with van der Waals surface area (Å²) >= 11 is 3.29. The minimum Gasteiger partial charge on any atom is -0.387 e. The van der Waals surface area contributed by atoms with Gasteiger partial charge in [0.25, 0.3) is 0 Å². The highest BCUT2D eigenvalue weighted by Gasteiger charge is 2.15. The topological polar surface area (TPSA) is 46.2 Å². The van der Waals surface area contributed by atoms with Crippen LogP contribution in [0, 0.1) is 0 Å². The second kappa shape index (κ2) is 5.72. The zero-order valence-corrected chi connectivity index (χ0v) is 11.7. The number of anilines is 1. The fourth-order valence-corrected chi connectivity index (χ4v) is 2.57. The summed E-state index contributed by atoms with van der Waals surface area (Å²) in [6.07, 6.45) is 0. The first kappa shape index (κ1) is 14.7. The van der Waals surface area contributed by atoms with Crippen molar-refractivity contribution in [3.05, 3.63) is 22.7 Å². The van der Waals surface area contributed by atoms with E-state index < -0.39 is 9.84 Å². The first-order valence-corrected chi connectivity index (χ1v) is 6.66. The van der Waals surface area contributed by atoms with Gasteiger partial charge in [0, 0.05) is 11.5 Å². The van der Waals surface area contributed by atoms with Gasteiger partial charge in [-0.05, 0) is 18.2 Å². The normalized spacial score (nSPS) is 10.6. The molecule has 1 N–H and O–H groups in total. The third kappa shape index (κ3) is 3.36. The molecule has 0 atom stereocenters. The molecule has 0 saturated heterocycles. The van der Waals surface area contributed by atoms with Crippen molar-refractivity contribution in [2.45, 2.75) is 11.8 Å². The molecule has 0 aliphatic rings. The van der Waals surface area contributed by atoms with E-state index in [2.05, 4.69) is 21.2 Å². The second-order valence-electron chi connectivity index (χ2n) is 2.79. The van der Waals surface area contributed by atoms with Crippen molar-refractivity contribution >= 4 is 43.9 Å². The Kier molecular flexibility index (Phi) is 5.62. The highest BCUT2D eigenvalue weighted by molar-refractivity contribution is 9.10. The summed E-state index contributed by atoms with van der Waals surface area (Å²) in [4.78, 5) is 0.353. The van der Waals surface area contributed by atoms with Crippen LogP contribution >= 0.6 is 28.3 Å². The summed E-state index contributed by atoms with van der Waals surface area (Å²) in [6, 6.07) is 5.08. The summed E-state index contributed by atoms with van der Waals surface area (Å²) < 4.78 is 24.1. The van der Waals surface area contributed by atoms with E-state index in [1.165, 1.54) is 0 Å². The molecule has 0 saturated carbocycles. The van der Waals surface area contributed by atoms with Gasteiger partial charge in [0.1, 0.15) is 0 Å². The van der Waals surface area contributed by atoms with E-state index in [1.807, 2.05) is 0 Å². The van der Waals surface area contributed by atoms with Crippen molar-refractivity contribution in [2.75, 3.05) is 18.1 Å². The highest BCUT2D eigenvalue weighted by atomic mass is 79.9. The molecule has 0 bridgehead atoms. The Morgan fingerprint density at radius 2 is 2.00 bits per heavy atom. The molecule has 0 amide bonds. The predicted molar refractivity (Wildman–Crippen MR) is 68.7 cm³/mol. The molecule has 1 aromatic rings. The maximum atomic E-state index is 11.6. The van der Waals surface area contributed by atoms with E-state index in [0.29, 0.717) is 10.6 Å². The van der Waals surface area contributed by atoms with Crippen LogP contribution in [0.2, 0.25) is 0 Å². The van der Waals surface area contributed by atoms with Gasteiger partial charge in [0.2, 0.25) is 0 Å². The maximum absolute atomic E-state index is 11.6. The minimum absolute atomic E-state index is 0. The Morgan fingerprint density at radius 1 is 1.40 bits per heavy atom. The molecule has 15 heavy (non-hydrogen) atoms. The lowest BCUT2D eigenvalue weighted by atomic mass is 10.3. The first-order valence-electron chi connectivity index (χ1n) is 4.21. The van der Waals surface area contributed by atoms with E-state index in [9.17, 15) is 8.42 Å². The molecule has 3 nitrogen and oxygen atoms in total. The SMILES string of the molecule is CCS(=O)(=O)c1ccc(Br)cc1NC.Cl. The number of hydrogen-bond acceptors (Lipinski definition) is 3. The van der Waals surface area contributed by atoms with E-state index in [4.69, 9.17) is 0 Å². The van der Waals surface area contributed by atoms with Gasteiger partial charge >= 0.3 is 0 Å². The zero-order chi connectivity index (χ0) is 10.8. The molecule has 0 radical (unpaired) electrons. The summed E-state index contributed by atoms with van der Waals surface area (Å²) in [5, 5.41) is 2.87. The lowest BCUT2D eigenvalue weighted by Crippen LogP contribution is -2.07. The van der Waals surface area contributed by atoms with Crippen LogP contribution in [0.25, 0.3) is 0 Å². The summed E-state index contributed by atoms with van der Waals surface area (Å²) in [7, 11) is -1.44. The van der Waals surface area contributed by atoms with Gasteiger partial charge in [0.05, 0.1) is 16.3 Å². The standard InChI is InChI=1S/C9H12BrNO2S.ClH/c1-3-14(12,13)9-5-4-7(10)6-8(9)11-2;/h4-6,11H,3H2,1-2H3;1H. The number of benzene rings is 1. The largest absolute Gasteiger partial charge is 0.387 e. The molecular weight excluding hydrogens is 302 g/mol. The van der Waals surface area contributed by atoms with Crippen molar-refractivity contribution in [3.8, 4) is 0 Å². The average Bonchev–Trinajstić information content (AvgIpc) is 2.17. The zero-order valence-electron chi connectivity index (χ0n) is 8.45. The molecule has 0 aliphatic heterocycles. The van der Waals surface area contributed by atoms with Gasteiger partial charge in [-0.3, -0.25) is 0 Å². The summed E-state index contributed by atoms with van der Waals surface area (Å²) in [5.41, 5.74) is 0.626. The molecule has 0 spiro atoms. The Morgan fingerprint density at radius 3 is 2.47 bits per heavy atom. The van der Waals surface area contributed by atoms with E-state index in [-0.39, 0.29) is 18.2 Å². The predicted octanol–water partition coefficient (Wildman–Crippen LogP) is 2.71. The van der Waals surface area contributed by atoms with Crippen LogP contribution < -0.4 is 5.32 Å². The van der Waals surface area contributed by atoms with Gasteiger partial charge in [-0.15, -0.1) is 12.4 Å². The van der Waals surface area contributed by atoms with Crippen molar-refractivity contribution in [1.82, 2.24) is 0 Å². The number of sulfone groups is 1. The van der Waals surface area contributed by atoms with E-state index in [1.54, 1.807) is 32.2 Å². The number of rotatable bonds is 3. The smallest absolute Gasteiger partial charge is 0.180 e. The van der Waals surface area contributed by atoms with Crippen LogP contribution in [0.15, 0.2) is 27.6 Å². The van der Waals surface area contributed by atoms with Gasteiger partial charge in [-0.1, -0.05) is 22.9 Å². The molecule has 6 heteroatoms. The molecule has 1 aromatic carbocycles. The van der Waals surface area contributed by atoms with Crippen LogP contribution in [0.5, 0.6) is 0 Å². The van der Waals surface area contributed by atoms with Crippen LogP contribution in [-0.2, 0) is 9.84 Å². The molecule has 86 valence electrons. The van der Waals surface area contributed by atoms with Crippen LogP contribution in [0.4, 0.5) is 5.69 Å². The number of hydrogen-bond donors (Lipinski definition) is 1. The molecule has 0 fully saturated rings. The number of nitrogens with one attached hydrogen (secondary N) is 1. The molecule has 0 aliphatic carbocycles. The Bertz CT molecular complexity index is 434. The molecule has 0 unspecified atom stereocenters. The lowest BCUT2D eigenvalue weighted by Gasteiger charge is -2.08.